The first kappa shape index (κ1) is 23.8. The highest BCUT2D eigenvalue weighted by Crippen LogP contribution is 2.25. The molecule has 0 aliphatic heterocycles. The molecule has 0 spiro atoms. The van der Waals surface area contributed by atoms with Gasteiger partial charge in [-0.2, -0.15) is 0 Å². The molecule has 0 saturated heterocycles. The van der Waals surface area contributed by atoms with Gasteiger partial charge in [0.25, 0.3) is 5.91 Å². The van der Waals surface area contributed by atoms with Gasteiger partial charge in [0.15, 0.2) is 4.34 Å². The van der Waals surface area contributed by atoms with Crippen molar-refractivity contribution in [1.29, 1.82) is 0 Å². The molecule has 1 aromatic heterocycles. The number of aromatic nitrogens is 2. The number of benzene rings is 1. The molecule has 10 heteroatoms. The second-order valence-corrected chi connectivity index (χ2v) is 9.13. The van der Waals surface area contributed by atoms with Crippen LogP contribution >= 0.6 is 23.1 Å². The van der Waals surface area contributed by atoms with Gasteiger partial charge >= 0.3 is 5.97 Å². The fraction of sp³-hybridized carbons (Fsp3) is 0.450. The smallest absolute Gasteiger partial charge is 0.316 e. The van der Waals surface area contributed by atoms with Crippen molar-refractivity contribution in [2.24, 2.45) is 5.92 Å². The van der Waals surface area contributed by atoms with Gasteiger partial charge in [-0.15, -0.1) is 10.2 Å². The summed E-state index contributed by atoms with van der Waals surface area (Å²) in [5.74, 6) is -0.665. The summed E-state index contributed by atoms with van der Waals surface area (Å²) in [6, 6.07) is 6.51. The summed E-state index contributed by atoms with van der Waals surface area (Å²) in [6.07, 6.45) is 0.479. The Morgan fingerprint density at radius 1 is 1.20 bits per heavy atom. The van der Waals surface area contributed by atoms with E-state index < -0.39 is 6.04 Å². The van der Waals surface area contributed by atoms with Gasteiger partial charge in [-0.25, -0.2) is 0 Å². The van der Waals surface area contributed by atoms with E-state index in [0.717, 1.165) is 16.9 Å². The van der Waals surface area contributed by atoms with E-state index in [1.165, 1.54) is 11.8 Å². The van der Waals surface area contributed by atoms with Gasteiger partial charge in [-0.1, -0.05) is 55.1 Å². The fourth-order valence-corrected chi connectivity index (χ4v) is 4.15. The number of thioether (sulfide) groups is 1. The minimum Gasteiger partial charge on any atom is -0.465 e. The molecule has 1 unspecified atom stereocenters. The van der Waals surface area contributed by atoms with Crippen molar-refractivity contribution in [3.8, 4) is 0 Å². The van der Waals surface area contributed by atoms with E-state index in [1.54, 1.807) is 19.1 Å². The Labute approximate surface area is 184 Å². The van der Waals surface area contributed by atoms with Crippen LogP contribution in [0.1, 0.15) is 43.1 Å². The van der Waals surface area contributed by atoms with Crippen LogP contribution in [-0.2, 0) is 14.3 Å². The van der Waals surface area contributed by atoms with Crippen LogP contribution in [-0.4, -0.2) is 46.4 Å². The van der Waals surface area contributed by atoms with E-state index in [2.05, 4.69) is 20.8 Å². The molecule has 0 aliphatic carbocycles. The highest BCUT2D eigenvalue weighted by molar-refractivity contribution is 8.01. The molecule has 8 nitrogen and oxygen atoms in total. The minimum atomic E-state index is -0.711. The first-order valence-corrected chi connectivity index (χ1v) is 11.4. The summed E-state index contributed by atoms with van der Waals surface area (Å²) in [5.41, 5.74) is 1.37. The quantitative estimate of drug-likeness (QED) is 0.325. The number of carbonyl (C=O) groups excluding carboxylic acids is 3. The predicted molar refractivity (Wildman–Crippen MR) is 118 cm³/mol. The van der Waals surface area contributed by atoms with Crippen molar-refractivity contribution in [2.75, 3.05) is 17.7 Å². The van der Waals surface area contributed by atoms with Gasteiger partial charge in [0.05, 0.1) is 12.4 Å². The van der Waals surface area contributed by atoms with Gasteiger partial charge in [0, 0.05) is 5.56 Å². The second kappa shape index (κ2) is 11.7. The zero-order valence-corrected chi connectivity index (χ0v) is 19.1. The summed E-state index contributed by atoms with van der Waals surface area (Å²) in [7, 11) is 0. The van der Waals surface area contributed by atoms with Gasteiger partial charge in [-0.3, -0.25) is 19.7 Å². The molecule has 1 heterocycles. The number of hydrogen-bond acceptors (Lipinski definition) is 8. The molecule has 0 saturated carbocycles. The SMILES string of the molecule is CCOC(=O)CSc1nnc(NC(=O)C(CC(C)C)NC(=O)c2ccccc2C)s1. The third kappa shape index (κ3) is 7.42. The van der Waals surface area contributed by atoms with Gasteiger partial charge in [0.2, 0.25) is 11.0 Å². The van der Waals surface area contributed by atoms with E-state index in [4.69, 9.17) is 4.74 Å². The molecule has 1 atom stereocenters. The number of nitrogens with zero attached hydrogens (tertiary/aromatic N) is 2. The highest BCUT2D eigenvalue weighted by Gasteiger charge is 2.24. The summed E-state index contributed by atoms with van der Waals surface area (Å²) in [4.78, 5) is 36.9. The number of aryl methyl sites for hydroxylation is 1. The topological polar surface area (TPSA) is 110 Å². The van der Waals surface area contributed by atoms with Crippen molar-refractivity contribution in [3.05, 3.63) is 35.4 Å². The maximum absolute atomic E-state index is 12.8. The van der Waals surface area contributed by atoms with Gasteiger partial charge < -0.3 is 10.1 Å². The predicted octanol–water partition coefficient (Wildman–Crippen LogP) is 3.28. The van der Waals surface area contributed by atoms with E-state index in [0.29, 0.717) is 28.1 Å². The molecule has 0 radical (unpaired) electrons. The minimum absolute atomic E-state index is 0.124. The molecule has 0 aliphatic rings. The van der Waals surface area contributed by atoms with Crippen LogP contribution in [0.25, 0.3) is 0 Å². The van der Waals surface area contributed by atoms with Crippen LogP contribution < -0.4 is 10.6 Å². The van der Waals surface area contributed by atoms with Crippen LogP contribution in [0.3, 0.4) is 0 Å². The third-order valence-electron chi connectivity index (χ3n) is 3.97. The van der Waals surface area contributed by atoms with Gasteiger partial charge in [0.1, 0.15) is 6.04 Å². The fourth-order valence-electron chi connectivity index (χ4n) is 2.60. The molecule has 30 heavy (non-hydrogen) atoms. The normalized spacial score (nSPS) is 11.8. The number of carbonyl (C=O) groups is 3. The van der Waals surface area contributed by atoms with E-state index in [9.17, 15) is 14.4 Å². The average Bonchev–Trinajstić information content (AvgIpc) is 3.13. The third-order valence-corrected chi connectivity index (χ3v) is 5.92. The first-order chi connectivity index (χ1) is 14.3. The molecule has 1 aromatic carbocycles. The number of rotatable bonds is 10. The molecule has 0 bridgehead atoms. The zero-order valence-electron chi connectivity index (χ0n) is 17.4. The Kier molecular flexibility index (Phi) is 9.25. The number of hydrogen-bond donors (Lipinski definition) is 2. The van der Waals surface area contributed by atoms with Gasteiger partial charge in [-0.05, 0) is 37.8 Å². The Balaban J connectivity index is 2.01. The molecular weight excluding hydrogens is 424 g/mol. The largest absolute Gasteiger partial charge is 0.465 e. The van der Waals surface area contributed by atoms with Crippen molar-refractivity contribution in [3.63, 3.8) is 0 Å². The molecule has 2 rings (SSSR count). The molecule has 2 N–H and O–H groups in total. The van der Waals surface area contributed by atoms with Crippen LogP contribution in [0, 0.1) is 12.8 Å². The molecule has 2 aromatic rings. The number of esters is 1. The Morgan fingerprint density at radius 3 is 2.60 bits per heavy atom. The second-order valence-electron chi connectivity index (χ2n) is 6.93. The molecule has 0 fully saturated rings. The lowest BCUT2D eigenvalue weighted by molar-refractivity contribution is -0.139. The van der Waals surface area contributed by atoms with Crippen LogP contribution in [0.15, 0.2) is 28.6 Å². The maximum atomic E-state index is 12.8. The van der Waals surface area contributed by atoms with Crippen molar-refractivity contribution in [2.45, 2.75) is 44.5 Å². The lowest BCUT2D eigenvalue weighted by Crippen LogP contribution is -2.44. The summed E-state index contributed by atoms with van der Waals surface area (Å²) >= 11 is 2.36. The lowest BCUT2D eigenvalue weighted by Gasteiger charge is -2.20. The molecule has 2 amide bonds. The number of nitrogens with one attached hydrogen (secondary N) is 2. The Hall–Kier alpha value is -2.46. The molecule has 162 valence electrons. The molecular formula is C20H26N4O4S2. The van der Waals surface area contributed by atoms with Crippen LogP contribution in [0.2, 0.25) is 0 Å². The van der Waals surface area contributed by atoms with Crippen LogP contribution in [0.5, 0.6) is 0 Å². The maximum Gasteiger partial charge on any atom is 0.316 e. The summed E-state index contributed by atoms with van der Waals surface area (Å²) < 4.78 is 5.42. The van der Waals surface area contributed by atoms with E-state index in [-0.39, 0.29) is 29.5 Å². The first-order valence-electron chi connectivity index (χ1n) is 9.59. The van der Waals surface area contributed by atoms with Crippen LogP contribution in [0.4, 0.5) is 5.13 Å². The average molecular weight is 451 g/mol. The zero-order chi connectivity index (χ0) is 22.1. The van der Waals surface area contributed by atoms with Crippen molar-refractivity contribution < 1.29 is 19.1 Å². The van der Waals surface area contributed by atoms with Crippen molar-refractivity contribution in [1.82, 2.24) is 15.5 Å². The standard InChI is InChI=1S/C20H26N4O4S2/c1-5-28-16(25)11-29-20-24-23-19(30-20)22-18(27)15(10-12(2)3)21-17(26)14-9-7-6-8-13(14)4/h6-9,12,15H,5,10-11H2,1-4H3,(H,21,26)(H,22,23,27). The monoisotopic (exact) mass is 450 g/mol. The highest BCUT2D eigenvalue weighted by atomic mass is 32.2. The van der Waals surface area contributed by atoms with E-state index in [1.807, 2.05) is 32.9 Å². The number of amides is 2. The summed E-state index contributed by atoms with van der Waals surface area (Å²) in [6.45, 7) is 7.88. The number of ether oxygens (including phenoxy) is 1. The Morgan fingerprint density at radius 2 is 1.93 bits per heavy atom. The van der Waals surface area contributed by atoms with Crippen molar-refractivity contribution >= 4 is 46.0 Å². The van der Waals surface area contributed by atoms with E-state index >= 15 is 0 Å². The Bertz CT molecular complexity index is 885. The lowest BCUT2D eigenvalue weighted by atomic mass is 10.0. The summed E-state index contributed by atoms with van der Waals surface area (Å²) in [5, 5.41) is 13.8. The number of anilines is 1.